The van der Waals surface area contributed by atoms with Crippen LogP contribution in [0.3, 0.4) is 0 Å². The number of hydrogen-bond donors (Lipinski definition) is 1. The standard InChI is InChI=1S/C10H15NO4/c1-3-5-14-9(12)7-11-8-10(13)15-6-4-2/h3-4,11H,1-2,5-8H2. The fraction of sp³-hybridized carbons (Fsp3) is 0.400. The molecule has 0 atom stereocenters. The van der Waals surface area contributed by atoms with Crippen molar-refractivity contribution in [2.45, 2.75) is 0 Å². The van der Waals surface area contributed by atoms with Crippen LogP contribution in [0, 0.1) is 0 Å². The first-order chi connectivity index (χ1) is 7.20. The molecule has 0 aromatic heterocycles. The molecule has 15 heavy (non-hydrogen) atoms. The molecule has 0 amide bonds. The van der Waals surface area contributed by atoms with E-state index in [2.05, 4.69) is 27.9 Å². The molecule has 0 saturated heterocycles. The van der Waals surface area contributed by atoms with Crippen LogP contribution in [0.15, 0.2) is 25.3 Å². The summed E-state index contributed by atoms with van der Waals surface area (Å²) in [4.78, 5) is 21.8. The zero-order chi connectivity index (χ0) is 11.5. The van der Waals surface area contributed by atoms with Gasteiger partial charge in [-0.15, -0.1) is 0 Å². The van der Waals surface area contributed by atoms with Crippen molar-refractivity contribution in [1.82, 2.24) is 5.32 Å². The minimum atomic E-state index is -0.438. The fourth-order valence-corrected chi connectivity index (χ4v) is 0.672. The second-order valence-corrected chi connectivity index (χ2v) is 2.55. The van der Waals surface area contributed by atoms with Crippen LogP contribution < -0.4 is 5.32 Å². The Labute approximate surface area is 88.7 Å². The number of hydrogen-bond acceptors (Lipinski definition) is 5. The van der Waals surface area contributed by atoms with Crippen molar-refractivity contribution in [3.63, 3.8) is 0 Å². The molecule has 0 rings (SSSR count). The summed E-state index contributed by atoms with van der Waals surface area (Å²) in [6.07, 6.45) is 2.94. The van der Waals surface area contributed by atoms with Crippen molar-refractivity contribution in [1.29, 1.82) is 0 Å². The molecule has 84 valence electrons. The number of ether oxygens (including phenoxy) is 2. The maximum atomic E-state index is 10.9. The largest absolute Gasteiger partial charge is 0.461 e. The van der Waals surface area contributed by atoms with Gasteiger partial charge in [0.1, 0.15) is 13.2 Å². The molecule has 0 bridgehead atoms. The van der Waals surface area contributed by atoms with E-state index in [4.69, 9.17) is 0 Å². The zero-order valence-corrected chi connectivity index (χ0v) is 8.53. The van der Waals surface area contributed by atoms with E-state index in [9.17, 15) is 9.59 Å². The molecule has 0 saturated carbocycles. The maximum absolute atomic E-state index is 10.9. The van der Waals surface area contributed by atoms with E-state index in [0.29, 0.717) is 0 Å². The highest BCUT2D eigenvalue weighted by atomic mass is 16.5. The van der Waals surface area contributed by atoms with Crippen LogP contribution >= 0.6 is 0 Å². The van der Waals surface area contributed by atoms with Gasteiger partial charge >= 0.3 is 11.9 Å². The Morgan fingerprint density at radius 3 is 1.73 bits per heavy atom. The van der Waals surface area contributed by atoms with Crippen LogP contribution in [0.1, 0.15) is 0 Å². The third-order valence-corrected chi connectivity index (χ3v) is 1.26. The lowest BCUT2D eigenvalue weighted by Gasteiger charge is -2.04. The SMILES string of the molecule is C=CCOC(=O)CNCC(=O)OCC=C. The van der Waals surface area contributed by atoms with Gasteiger partial charge in [0.25, 0.3) is 0 Å². The summed E-state index contributed by atoms with van der Waals surface area (Å²) in [5.74, 6) is -0.877. The Balaban J connectivity index is 3.43. The van der Waals surface area contributed by atoms with Crippen molar-refractivity contribution in [2.24, 2.45) is 0 Å². The zero-order valence-electron chi connectivity index (χ0n) is 8.53. The average Bonchev–Trinajstić information content (AvgIpc) is 2.23. The Morgan fingerprint density at radius 2 is 1.40 bits per heavy atom. The Bertz CT molecular complexity index is 214. The molecule has 0 aliphatic carbocycles. The van der Waals surface area contributed by atoms with Crippen LogP contribution in [-0.2, 0) is 19.1 Å². The molecule has 0 heterocycles. The summed E-state index contributed by atoms with van der Waals surface area (Å²) < 4.78 is 9.33. The predicted molar refractivity (Wildman–Crippen MR) is 55.2 cm³/mol. The maximum Gasteiger partial charge on any atom is 0.320 e. The number of rotatable bonds is 8. The van der Waals surface area contributed by atoms with Crippen molar-refractivity contribution in [2.75, 3.05) is 26.3 Å². The molecule has 5 heteroatoms. The summed E-state index contributed by atoms with van der Waals surface area (Å²) in [5, 5.41) is 2.59. The van der Waals surface area contributed by atoms with E-state index in [0.717, 1.165) is 0 Å². The molecule has 0 aliphatic heterocycles. The van der Waals surface area contributed by atoms with Crippen LogP contribution in [0.4, 0.5) is 0 Å². The molecule has 0 aromatic carbocycles. The second-order valence-electron chi connectivity index (χ2n) is 2.55. The first-order valence-corrected chi connectivity index (χ1v) is 4.44. The van der Waals surface area contributed by atoms with Crippen molar-refractivity contribution >= 4 is 11.9 Å². The van der Waals surface area contributed by atoms with Gasteiger partial charge in [0.15, 0.2) is 0 Å². The predicted octanol–water partition coefficient (Wildman–Crippen LogP) is 0.0344. The lowest BCUT2D eigenvalue weighted by molar-refractivity contribution is -0.142. The third kappa shape index (κ3) is 8.70. The first-order valence-electron chi connectivity index (χ1n) is 4.44. The molecule has 1 N–H and O–H groups in total. The van der Waals surface area contributed by atoms with Crippen molar-refractivity contribution in [3.8, 4) is 0 Å². The van der Waals surface area contributed by atoms with Gasteiger partial charge in [-0.3, -0.25) is 14.9 Å². The highest BCUT2D eigenvalue weighted by Gasteiger charge is 2.04. The van der Waals surface area contributed by atoms with Crippen molar-refractivity contribution in [3.05, 3.63) is 25.3 Å². The van der Waals surface area contributed by atoms with E-state index in [1.165, 1.54) is 12.2 Å². The first kappa shape index (κ1) is 13.4. The van der Waals surface area contributed by atoms with Gasteiger partial charge < -0.3 is 9.47 Å². The fourth-order valence-electron chi connectivity index (χ4n) is 0.672. The minimum Gasteiger partial charge on any atom is -0.461 e. The molecule has 0 radical (unpaired) electrons. The smallest absolute Gasteiger partial charge is 0.320 e. The van der Waals surface area contributed by atoms with Gasteiger partial charge in [-0.25, -0.2) is 0 Å². The Morgan fingerprint density at radius 1 is 1.00 bits per heavy atom. The highest BCUT2D eigenvalue weighted by molar-refractivity contribution is 5.75. The summed E-state index contributed by atoms with van der Waals surface area (Å²) in [7, 11) is 0. The van der Waals surface area contributed by atoms with Gasteiger partial charge in [-0.1, -0.05) is 25.3 Å². The summed E-state index contributed by atoms with van der Waals surface area (Å²) in [5.41, 5.74) is 0. The number of carbonyl (C=O) groups excluding carboxylic acids is 2. The topological polar surface area (TPSA) is 64.6 Å². The molecular weight excluding hydrogens is 198 g/mol. The van der Waals surface area contributed by atoms with E-state index < -0.39 is 11.9 Å². The number of esters is 2. The third-order valence-electron chi connectivity index (χ3n) is 1.26. The van der Waals surface area contributed by atoms with E-state index in [-0.39, 0.29) is 26.3 Å². The van der Waals surface area contributed by atoms with Gasteiger partial charge in [0.2, 0.25) is 0 Å². The van der Waals surface area contributed by atoms with E-state index in [1.807, 2.05) is 0 Å². The van der Waals surface area contributed by atoms with Crippen LogP contribution in [-0.4, -0.2) is 38.2 Å². The molecule has 5 nitrogen and oxygen atoms in total. The van der Waals surface area contributed by atoms with Crippen LogP contribution in [0.2, 0.25) is 0 Å². The molecule has 0 spiro atoms. The summed E-state index contributed by atoms with van der Waals surface area (Å²) >= 11 is 0. The van der Waals surface area contributed by atoms with E-state index >= 15 is 0 Å². The van der Waals surface area contributed by atoms with Crippen LogP contribution in [0.5, 0.6) is 0 Å². The monoisotopic (exact) mass is 213 g/mol. The molecule has 0 aliphatic rings. The van der Waals surface area contributed by atoms with Crippen molar-refractivity contribution < 1.29 is 19.1 Å². The minimum absolute atomic E-state index is 0.0307. The Hall–Kier alpha value is -1.62. The van der Waals surface area contributed by atoms with Gasteiger partial charge in [-0.05, 0) is 0 Å². The van der Waals surface area contributed by atoms with E-state index in [1.54, 1.807) is 0 Å². The van der Waals surface area contributed by atoms with Crippen LogP contribution in [0.25, 0.3) is 0 Å². The summed E-state index contributed by atoms with van der Waals surface area (Å²) in [6, 6.07) is 0. The van der Waals surface area contributed by atoms with Gasteiger partial charge in [0.05, 0.1) is 13.1 Å². The quantitative estimate of drug-likeness (QED) is 0.455. The highest BCUT2D eigenvalue weighted by Crippen LogP contribution is 1.79. The lowest BCUT2D eigenvalue weighted by Crippen LogP contribution is -2.30. The molecular formula is C10H15NO4. The number of nitrogens with one attached hydrogen (secondary N) is 1. The second kappa shape index (κ2) is 8.96. The molecule has 0 unspecified atom stereocenters. The molecule has 0 fully saturated rings. The summed E-state index contributed by atoms with van der Waals surface area (Å²) in [6.45, 7) is 7.06. The lowest BCUT2D eigenvalue weighted by atomic mass is 10.5. The average molecular weight is 213 g/mol. The van der Waals surface area contributed by atoms with Gasteiger partial charge in [0, 0.05) is 0 Å². The Kier molecular flexibility index (Phi) is 7.99. The number of carbonyl (C=O) groups is 2. The normalized spacial score (nSPS) is 9.07. The molecule has 0 aromatic rings. The van der Waals surface area contributed by atoms with Gasteiger partial charge in [-0.2, -0.15) is 0 Å².